The minimum absolute atomic E-state index is 0.00114. The quantitative estimate of drug-likeness (QED) is 0.311. The van der Waals surface area contributed by atoms with Crippen LogP contribution in [0.2, 0.25) is 0 Å². The van der Waals surface area contributed by atoms with Crippen LogP contribution in [0.1, 0.15) is 43.7 Å². The van der Waals surface area contributed by atoms with E-state index in [1.807, 2.05) is 6.07 Å². The molecule has 0 bridgehead atoms. The van der Waals surface area contributed by atoms with Gasteiger partial charge in [-0.2, -0.15) is 0 Å². The van der Waals surface area contributed by atoms with Gasteiger partial charge in [0.05, 0.1) is 6.61 Å². The predicted molar refractivity (Wildman–Crippen MR) is 112 cm³/mol. The third-order valence-electron chi connectivity index (χ3n) is 4.67. The van der Waals surface area contributed by atoms with Gasteiger partial charge in [0, 0.05) is 25.1 Å². The second kappa shape index (κ2) is 12.4. The Kier molecular flexibility index (Phi) is 9.83. The van der Waals surface area contributed by atoms with Gasteiger partial charge in [0.25, 0.3) is 0 Å². The van der Waals surface area contributed by atoms with Gasteiger partial charge in [-0.1, -0.05) is 43.2 Å². The van der Waals surface area contributed by atoms with Crippen LogP contribution in [0, 0.1) is 0 Å². The van der Waals surface area contributed by atoms with Gasteiger partial charge in [0.2, 0.25) is 0 Å². The summed E-state index contributed by atoms with van der Waals surface area (Å²) in [6.07, 6.45) is 4.79. The number of hydrogen-bond acceptors (Lipinski definition) is 5. The maximum absolute atomic E-state index is 10.2. The molecular weight excluding hydrogens is 354 g/mol. The van der Waals surface area contributed by atoms with Crippen molar-refractivity contribution in [2.75, 3.05) is 13.2 Å². The molecular formula is C23H33NO4. The average molecular weight is 388 g/mol. The van der Waals surface area contributed by atoms with E-state index in [0.29, 0.717) is 12.0 Å². The van der Waals surface area contributed by atoms with Gasteiger partial charge in [0.1, 0.15) is 17.7 Å². The van der Waals surface area contributed by atoms with Crippen LogP contribution >= 0.6 is 0 Å². The van der Waals surface area contributed by atoms with Gasteiger partial charge in [0.15, 0.2) is 0 Å². The summed E-state index contributed by atoms with van der Waals surface area (Å²) in [7, 11) is 0. The molecule has 0 saturated heterocycles. The summed E-state index contributed by atoms with van der Waals surface area (Å²) in [5.41, 5.74) is 2.00. The molecule has 0 aliphatic heterocycles. The van der Waals surface area contributed by atoms with Gasteiger partial charge in [-0.25, -0.2) is 0 Å². The Labute approximate surface area is 168 Å². The molecule has 0 fully saturated rings. The molecule has 2 rings (SSSR count). The summed E-state index contributed by atoms with van der Waals surface area (Å²) < 4.78 is 5.70. The number of nitrogens with one attached hydrogen (secondary N) is 1. The van der Waals surface area contributed by atoms with Crippen LogP contribution in [-0.2, 0) is 17.6 Å². The van der Waals surface area contributed by atoms with Crippen molar-refractivity contribution in [3.8, 4) is 11.5 Å². The summed E-state index contributed by atoms with van der Waals surface area (Å²) in [6.45, 7) is 3.61. The lowest BCUT2D eigenvalue weighted by Crippen LogP contribution is -2.37. The van der Waals surface area contributed by atoms with Crippen molar-refractivity contribution in [2.24, 2.45) is 0 Å². The van der Waals surface area contributed by atoms with Crippen molar-refractivity contribution in [2.45, 2.75) is 57.7 Å². The molecule has 4 N–H and O–H groups in total. The number of hydrogen-bond donors (Lipinski definition) is 4. The van der Waals surface area contributed by atoms with Crippen molar-refractivity contribution < 1.29 is 20.1 Å². The van der Waals surface area contributed by atoms with E-state index in [4.69, 9.17) is 4.74 Å². The number of ether oxygens (including phenoxy) is 1. The van der Waals surface area contributed by atoms with Gasteiger partial charge in [-0.15, -0.1) is 0 Å². The first-order chi connectivity index (χ1) is 13.5. The van der Waals surface area contributed by atoms with Gasteiger partial charge in [-0.05, 0) is 49.4 Å². The fourth-order valence-electron chi connectivity index (χ4n) is 3.24. The number of unbranched alkanes of at least 4 members (excludes halogenated alkanes) is 2. The molecule has 0 aromatic heterocycles. The van der Waals surface area contributed by atoms with Crippen molar-refractivity contribution in [3.05, 3.63) is 59.7 Å². The summed E-state index contributed by atoms with van der Waals surface area (Å²) in [5.74, 6) is 0.00229. The van der Waals surface area contributed by atoms with E-state index < -0.39 is 6.23 Å². The van der Waals surface area contributed by atoms with Crippen molar-refractivity contribution in [1.29, 1.82) is 0 Å². The first-order valence-corrected chi connectivity index (χ1v) is 10.1. The van der Waals surface area contributed by atoms with Crippen molar-refractivity contribution in [1.82, 2.24) is 5.32 Å². The van der Waals surface area contributed by atoms with Crippen molar-refractivity contribution >= 4 is 0 Å². The molecule has 0 aliphatic carbocycles. The third kappa shape index (κ3) is 9.22. The maximum Gasteiger partial charge on any atom is 0.119 e. The fraction of sp³-hybridized carbons (Fsp3) is 0.478. The standard InChI is InChI=1S/C23H33NO4/c1-18(24-23(27)16-20-14-21(25)17-22(26)15-20)8-4-3-7-12-28-13-11-19-9-5-2-6-10-19/h2,5-6,9-10,14-15,17-18,23-27H,3-4,7-8,11-13,16H2,1H3. The number of phenols is 2. The topological polar surface area (TPSA) is 82.0 Å². The van der Waals surface area contributed by atoms with Crippen LogP contribution < -0.4 is 5.32 Å². The number of aliphatic hydroxyl groups excluding tert-OH is 1. The summed E-state index contributed by atoms with van der Waals surface area (Å²) in [6, 6.07) is 14.9. The molecule has 5 nitrogen and oxygen atoms in total. The molecule has 2 aromatic carbocycles. The molecule has 0 heterocycles. The zero-order valence-corrected chi connectivity index (χ0v) is 16.7. The highest BCUT2D eigenvalue weighted by molar-refractivity contribution is 5.36. The normalized spacial score (nSPS) is 13.4. The van der Waals surface area contributed by atoms with Crippen LogP contribution in [0.25, 0.3) is 0 Å². The molecule has 28 heavy (non-hydrogen) atoms. The summed E-state index contributed by atoms with van der Waals surface area (Å²) in [5, 5.41) is 32.3. The highest BCUT2D eigenvalue weighted by atomic mass is 16.5. The van der Waals surface area contributed by atoms with Crippen LogP contribution in [-0.4, -0.2) is 40.8 Å². The second-order valence-electron chi connectivity index (χ2n) is 7.34. The Bertz CT molecular complexity index is 657. The molecule has 0 radical (unpaired) electrons. The molecule has 2 unspecified atom stereocenters. The third-order valence-corrected chi connectivity index (χ3v) is 4.67. The first-order valence-electron chi connectivity index (χ1n) is 10.1. The van der Waals surface area contributed by atoms with E-state index in [0.717, 1.165) is 45.3 Å². The second-order valence-corrected chi connectivity index (χ2v) is 7.34. The highest BCUT2D eigenvalue weighted by Crippen LogP contribution is 2.21. The predicted octanol–water partition coefficient (Wildman–Crippen LogP) is 3.76. The molecule has 0 amide bonds. The molecule has 0 spiro atoms. The van der Waals surface area contributed by atoms with Gasteiger partial charge >= 0.3 is 0 Å². The largest absolute Gasteiger partial charge is 0.508 e. The average Bonchev–Trinajstić information content (AvgIpc) is 2.63. The lowest BCUT2D eigenvalue weighted by Gasteiger charge is -2.19. The molecule has 2 aromatic rings. The molecule has 5 heteroatoms. The zero-order valence-electron chi connectivity index (χ0n) is 16.7. The van der Waals surface area contributed by atoms with Crippen LogP contribution in [0.4, 0.5) is 0 Å². The highest BCUT2D eigenvalue weighted by Gasteiger charge is 2.11. The number of aliphatic hydroxyl groups is 1. The number of aromatic hydroxyl groups is 2. The molecule has 154 valence electrons. The Morgan fingerprint density at radius 3 is 2.32 bits per heavy atom. The Morgan fingerprint density at radius 2 is 1.61 bits per heavy atom. The first kappa shape index (κ1) is 22.2. The van der Waals surface area contributed by atoms with Gasteiger partial charge in [-0.3, -0.25) is 5.32 Å². The van der Waals surface area contributed by atoms with E-state index in [1.165, 1.54) is 11.6 Å². The zero-order chi connectivity index (χ0) is 20.2. The van der Waals surface area contributed by atoms with Crippen LogP contribution in [0.3, 0.4) is 0 Å². The van der Waals surface area contributed by atoms with E-state index >= 15 is 0 Å². The number of benzene rings is 2. The smallest absolute Gasteiger partial charge is 0.119 e. The van der Waals surface area contributed by atoms with E-state index in [9.17, 15) is 15.3 Å². The SMILES string of the molecule is CC(CCCCCOCCc1ccccc1)NC(O)Cc1cc(O)cc(O)c1. The van der Waals surface area contributed by atoms with Crippen LogP contribution in [0.15, 0.2) is 48.5 Å². The Balaban J connectivity index is 1.49. The lowest BCUT2D eigenvalue weighted by atomic mass is 10.1. The monoisotopic (exact) mass is 387 g/mol. The van der Waals surface area contributed by atoms with E-state index in [2.05, 4.69) is 36.5 Å². The number of rotatable bonds is 13. The minimum atomic E-state index is -0.711. The van der Waals surface area contributed by atoms with E-state index in [-0.39, 0.29) is 17.5 Å². The minimum Gasteiger partial charge on any atom is -0.508 e. The molecule has 2 atom stereocenters. The summed E-state index contributed by atoms with van der Waals surface area (Å²) >= 11 is 0. The van der Waals surface area contributed by atoms with Crippen LogP contribution in [0.5, 0.6) is 11.5 Å². The summed E-state index contributed by atoms with van der Waals surface area (Å²) in [4.78, 5) is 0. The Morgan fingerprint density at radius 1 is 0.893 bits per heavy atom. The fourth-order valence-corrected chi connectivity index (χ4v) is 3.24. The maximum atomic E-state index is 10.2. The van der Waals surface area contributed by atoms with E-state index in [1.54, 1.807) is 12.1 Å². The van der Waals surface area contributed by atoms with Crippen molar-refractivity contribution in [3.63, 3.8) is 0 Å². The molecule has 0 saturated carbocycles. The van der Waals surface area contributed by atoms with Gasteiger partial charge < -0.3 is 20.1 Å². The lowest BCUT2D eigenvalue weighted by molar-refractivity contribution is 0.120. The molecule has 0 aliphatic rings. The Hall–Kier alpha value is -2.08. The number of phenolic OH excluding ortho intramolecular Hbond substituents is 2.